The van der Waals surface area contributed by atoms with E-state index in [1.807, 2.05) is 22.6 Å². The molecule has 19 heteroatoms. The molecule has 0 aliphatic rings. The van der Waals surface area contributed by atoms with Crippen LogP contribution in [0.2, 0.25) is 0 Å². The van der Waals surface area contributed by atoms with Crippen LogP contribution < -0.4 is 4.73 Å². The first-order chi connectivity index (χ1) is 21.1. The van der Waals surface area contributed by atoms with Gasteiger partial charge >= 0.3 is 0 Å². The van der Waals surface area contributed by atoms with Crippen molar-refractivity contribution >= 4 is 70.4 Å². The second-order valence-electron chi connectivity index (χ2n) is 7.60. The van der Waals surface area contributed by atoms with E-state index in [1.165, 1.54) is 48.5 Å². The van der Waals surface area contributed by atoms with Gasteiger partial charge in [0.05, 0.1) is 16.7 Å². The van der Waals surface area contributed by atoms with Crippen molar-refractivity contribution < 1.29 is 39.9 Å². The van der Waals surface area contributed by atoms with Crippen LogP contribution in [0.15, 0.2) is 74.7 Å². The Labute approximate surface area is 289 Å². The molecule has 0 spiro atoms. The standard InChI is InChI=1S/C7H3BrF2N2.C7H3F2IN2.C6H4BrF2NO.C6H4BrF2N/c8-6-2-1-4(7(9)10)5(3-11)12-6;8-7(9)4-1-2-6(10)12-5(4)3-11;7-5-2-1-4(6(8)9)3-10(5)11;7-5-2-1-4(3-10-5)6(8)9/h2*1-2,7H;1-3,6H;1-3,6H. The number of alkyl halides is 8. The van der Waals surface area contributed by atoms with E-state index in [1.54, 1.807) is 12.1 Å². The average Bonchev–Trinajstić information content (AvgIpc) is 2.99. The van der Waals surface area contributed by atoms with E-state index in [0.717, 1.165) is 12.4 Å². The SMILES string of the molecule is FC(F)c1ccc(Br)nc1.N#Cc1nc(Br)ccc1C(F)F.N#Cc1nc(I)ccc1C(F)F.[O-][n+]1cc(C(F)F)ccc1Br. The molecule has 0 aromatic carbocycles. The zero-order chi connectivity index (χ0) is 34.3. The molecule has 0 amide bonds. The van der Waals surface area contributed by atoms with Gasteiger partial charge in [-0.05, 0) is 96.9 Å². The summed E-state index contributed by atoms with van der Waals surface area (Å²) in [6, 6.07) is 13.8. The number of rotatable bonds is 4. The Bertz CT molecular complexity index is 1560. The number of hydrogen-bond donors (Lipinski definition) is 0. The number of hydrogen-bond acceptors (Lipinski definition) is 6. The smallest absolute Gasteiger partial charge is 0.269 e. The normalized spacial score (nSPS) is 10.2. The summed E-state index contributed by atoms with van der Waals surface area (Å²) in [5.74, 6) is 0. The summed E-state index contributed by atoms with van der Waals surface area (Å²) in [4.78, 5) is 10.9. The summed E-state index contributed by atoms with van der Waals surface area (Å²) in [5.41, 5.74) is -1.40. The lowest BCUT2D eigenvalue weighted by Crippen LogP contribution is -2.27. The van der Waals surface area contributed by atoms with Crippen LogP contribution in [0.4, 0.5) is 35.1 Å². The van der Waals surface area contributed by atoms with Crippen molar-refractivity contribution in [2.45, 2.75) is 25.7 Å². The molecule has 0 atom stereocenters. The summed E-state index contributed by atoms with van der Waals surface area (Å²) < 4.78 is 98.1. The zero-order valence-corrected chi connectivity index (χ0v) is 28.6. The molecule has 7 nitrogen and oxygen atoms in total. The van der Waals surface area contributed by atoms with Crippen LogP contribution in [0.25, 0.3) is 0 Å². The highest BCUT2D eigenvalue weighted by molar-refractivity contribution is 14.1. The molecule has 45 heavy (non-hydrogen) atoms. The fourth-order valence-electron chi connectivity index (χ4n) is 2.55. The van der Waals surface area contributed by atoms with Crippen LogP contribution in [-0.2, 0) is 0 Å². The fraction of sp³-hybridized carbons (Fsp3) is 0.154. The lowest BCUT2D eigenvalue weighted by Gasteiger charge is -2.00. The van der Waals surface area contributed by atoms with Crippen LogP contribution in [0.5, 0.6) is 0 Å². The Hall–Kier alpha value is -3.01. The van der Waals surface area contributed by atoms with E-state index in [-0.39, 0.29) is 38.2 Å². The highest BCUT2D eigenvalue weighted by Crippen LogP contribution is 2.23. The largest absolute Gasteiger partial charge is 0.618 e. The molecule has 0 unspecified atom stereocenters. The number of nitriles is 2. The van der Waals surface area contributed by atoms with E-state index in [9.17, 15) is 40.3 Å². The van der Waals surface area contributed by atoms with Crippen LogP contribution in [-0.4, -0.2) is 15.0 Å². The van der Waals surface area contributed by atoms with Crippen LogP contribution in [0.1, 0.15) is 59.3 Å². The molecule has 0 radical (unpaired) electrons. The number of pyridine rings is 4. The van der Waals surface area contributed by atoms with E-state index in [2.05, 4.69) is 62.7 Å². The van der Waals surface area contributed by atoms with Gasteiger partial charge in [-0.3, -0.25) is 0 Å². The van der Waals surface area contributed by atoms with Gasteiger partial charge in [0, 0.05) is 33.8 Å². The van der Waals surface area contributed by atoms with Crippen molar-refractivity contribution in [1.29, 1.82) is 10.5 Å². The molecule has 4 aromatic rings. The molecule has 4 rings (SSSR count). The Morgan fingerprint density at radius 1 is 0.667 bits per heavy atom. The number of halogens is 12. The first-order valence-corrected chi connectivity index (χ1v) is 14.8. The maximum atomic E-state index is 12.2. The molecule has 0 aliphatic heterocycles. The minimum Gasteiger partial charge on any atom is -0.618 e. The molecule has 0 saturated carbocycles. The summed E-state index contributed by atoms with van der Waals surface area (Å²) in [7, 11) is 0. The van der Waals surface area contributed by atoms with E-state index < -0.39 is 25.7 Å². The van der Waals surface area contributed by atoms with Gasteiger partial charge in [-0.1, -0.05) is 0 Å². The van der Waals surface area contributed by atoms with Crippen molar-refractivity contribution in [2.75, 3.05) is 0 Å². The van der Waals surface area contributed by atoms with E-state index >= 15 is 0 Å². The third-order valence-electron chi connectivity index (χ3n) is 4.61. The predicted octanol–water partition coefficient (Wildman–Crippen LogP) is 9.95. The van der Waals surface area contributed by atoms with Gasteiger partial charge in [0.1, 0.15) is 25.0 Å². The van der Waals surface area contributed by atoms with Crippen molar-refractivity contribution in [1.82, 2.24) is 15.0 Å². The first-order valence-electron chi connectivity index (χ1n) is 11.4. The molecular formula is C26H14Br3F8IN6O. The summed E-state index contributed by atoms with van der Waals surface area (Å²) >= 11 is 10.8. The van der Waals surface area contributed by atoms with Gasteiger partial charge in [-0.15, -0.1) is 0 Å². The number of aromatic nitrogens is 4. The van der Waals surface area contributed by atoms with Crippen LogP contribution in [0, 0.1) is 31.6 Å². The van der Waals surface area contributed by atoms with Gasteiger partial charge in [-0.25, -0.2) is 50.1 Å². The van der Waals surface area contributed by atoms with Crippen molar-refractivity contribution in [3.05, 3.63) is 117 Å². The van der Waals surface area contributed by atoms with E-state index in [0.29, 0.717) is 17.6 Å². The number of nitrogens with zero attached hydrogens (tertiary/aromatic N) is 6. The van der Waals surface area contributed by atoms with Crippen LogP contribution >= 0.6 is 70.4 Å². The Kier molecular flexibility index (Phi) is 17.9. The van der Waals surface area contributed by atoms with Crippen molar-refractivity contribution in [2.24, 2.45) is 0 Å². The Morgan fingerprint density at radius 3 is 1.60 bits per heavy atom. The minimum atomic E-state index is -2.65. The second kappa shape index (κ2) is 20.2. The minimum absolute atomic E-state index is 0.0526. The zero-order valence-electron chi connectivity index (χ0n) is 21.7. The molecule has 4 heterocycles. The topological polar surface area (TPSA) is 113 Å². The van der Waals surface area contributed by atoms with Gasteiger partial charge in [-0.2, -0.15) is 15.3 Å². The molecule has 0 N–H and O–H groups in total. The monoisotopic (exact) mass is 942 g/mol. The van der Waals surface area contributed by atoms with Gasteiger partial charge < -0.3 is 5.21 Å². The highest BCUT2D eigenvalue weighted by atomic mass is 127. The van der Waals surface area contributed by atoms with Gasteiger partial charge in [0.15, 0.2) is 17.6 Å². The maximum Gasteiger partial charge on any atom is 0.269 e. The first kappa shape index (κ1) is 40.0. The molecular weight excluding hydrogens is 931 g/mol. The molecule has 0 fully saturated rings. The molecule has 238 valence electrons. The highest BCUT2D eigenvalue weighted by Gasteiger charge is 2.15. The molecule has 0 saturated heterocycles. The lowest BCUT2D eigenvalue weighted by atomic mass is 10.2. The van der Waals surface area contributed by atoms with Crippen molar-refractivity contribution in [3.8, 4) is 12.1 Å². The Balaban J connectivity index is 0.000000301. The van der Waals surface area contributed by atoms with Gasteiger partial charge in [0.2, 0.25) is 0 Å². The molecule has 0 aliphatic carbocycles. The predicted molar refractivity (Wildman–Crippen MR) is 163 cm³/mol. The summed E-state index contributed by atoms with van der Waals surface area (Å²) in [5, 5.41) is 27.5. The lowest BCUT2D eigenvalue weighted by molar-refractivity contribution is -0.618. The third-order valence-corrected chi connectivity index (χ3v) is 6.74. The molecule has 4 aromatic heterocycles. The van der Waals surface area contributed by atoms with Crippen LogP contribution in [0.3, 0.4) is 0 Å². The third kappa shape index (κ3) is 14.3. The second-order valence-corrected chi connectivity index (χ2v) is 11.1. The summed E-state index contributed by atoms with van der Waals surface area (Å²) in [6.07, 6.45) is -8.32. The maximum absolute atomic E-state index is 12.2. The quantitative estimate of drug-likeness (QED) is 0.0662. The van der Waals surface area contributed by atoms with E-state index in [4.69, 9.17) is 10.5 Å². The summed E-state index contributed by atoms with van der Waals surface area (Å²) in [6.45, 7) is 0. The van der Waals surface area contributed by atoms with Gasteiger partial charge in [0.25, 0.3) is 30.3 Å². The average molecular weight is 945 g/mol. The fourth-order valence-corrected chi connectivity index (χ4v) is 3.75. The molecule has 0 bridgehead atoms. The van der Waals surface area contributed by atoms with Crippen molar-refractivity contribution in [3.63, 3.8) is 0 Å². The Morgan fingerprint density at radius 2 is 1.16 bits per heavy atom.